The van der Waals surface area contributed by atoms with Crippen LogP contribution in [-0.4, -0.2) is 35.3 Å². The van der Waals surface area contributed by atoms with Crippen molar-refractivity contribution < 1.29 is 14.3 Å². The highest BCUT2D eigenvalue weighted by Gasteiger charge is 2.23. The maximum absolute atomic E-state index is 12.3. The van der Waals surface area contributed by atoms with Crippen molar-refractivity contribution in [2.75, 3.05) is 23.4 Å². The van der Waals surface area contributed by atoms with Crippen LogP contribution in [0.5, 0.6) is 0 Å². The van der Waals surface area contributed by atoms with Crippen molar-refractivity contribution in [2.45, 2.75) is 38.0 Å². The number of aromatic nitrogens is 2. The molecule has 1 saturated carbocycles. The quantitative estimate of drug-likeness (QED) is 0.863. The van der Waals surface area contributed by atoms with Crippen LogP contribution in [-0.2, 0) is 16.0 Å². The van der Waals surface area contributed by atoms with Crippen molar-refractivity contribution in [2.24, 2.45) is 0 Å². The van der Waals surface area contributed by atoms with Gasteiger partial charge in [-0.25, -0.2) is 4.79 Å². The summed E-state index contributed by atoms with van der Waals surface area (Å²) in [6.45, 7) is 0.969. The minimum Gasteiger partial charge on any atom is -0.447 e. The Morgan fingerprint density at radius 1 is 1.27 bits per heavy atom. The molecule has 0 unspecified atom stereocenters. The van der Waals surface area contributed by atoms with Crippen molar-refractivity contribution in [3.05, 3.63) is 41.6 Å². The molecule has 2 aromatic rings. The minimum atomic E-state index is -0.327. The molecule has 1 aromatic heterocycles. The van der Waals surface area contributed by atoms with E-state index in [1.165, 1.54) is 25.7 Å². The van der Waals surface area contributed by atoms with Gasteiger partial charge in [-0.15, -0.1) is 0 Å². The van der Waals surface area contributed by atoms with Crippen molar-refractivity contribution in [3.8, 4) is 0 Å². The second-order valence-electron chi connectivity index (χ2n) is 6.85. The molecule has 136 valence electrons. The highest BCUT2D eigenvalue weighted by molar-refractivity contribution is 5.92. The van der Waals surface area contributed by atoms with Crippen LogP contribution in [0.3, 0.4) is 0 Å². The molecule has 7 nitrogen and oxygen atoms in total. The zero-order chi connectivity index (χ0) is 17.9. The van der Waals surface area contributed by atoms with Crippen LogP contribution >= 0.6 is 0 Å². The Kier molecular flexibility index (Phi) is 4.60. The molecule has 2 heterocycles. The van der Waals surface area contributed by atoms with Crippen LogP contribution in [0.1, 0.15) is 42.9 Å². The fourth-order valence-corrected chi connectivity index (χ4v) is 3.64. The molecule has 0 radical (unpaired) electrons. The average Bonchev–Trinajstić information content (AvgIpc) is 3.37. The molecular weight excluding hydrogens is 332 g/mol. The molecule has 1 aliphatic heterocycles. The lowest BCUT2D eigenvalue weighted by atomic mass is 10.0. The first-order valence-electron chi connectivity index (χ1n) is 9.07. The number of carbonyl (C=O) groups is 2. The number of hydrogen-bond donors (Lipinski definition) is 2. The zero-order valence-corrected chi connectivity index (χ0v) is 14.5. The summed E-state index contributed by atoms with van der Waals surface area (Å²) in [7, 11) is 0. The largest absolute Gasteiger partial charge is 0.447 e. The van der Waals surface area contributed by atoms with Crippen LogP contribution in [0.4, 0.5) is 16.3 Å². The van der Waals surface area contributed by atoms with Gasteiger partial charge in [0, 0.05) is 23.4 Å². The molecule has 4 rings (SSSR count). The van der Waals surface area contributed by atoms with Gasteiger partial charge in [0.05, 0.1) is 13.0 Å². The zero-order valence-electron chi connectivity index (χ0n) is 14.5. The molecule has 0 atom stereocenters. The first-order valence-corrected chi connectivity index (χ1v) is 9.07. The van der Waals surface area contributed by atoms with E-state index in [2.05, 4.69) is 15.5 Å². The van der Waals surface area contributed by atoms with Crippen molar-refractivity contribution in [1.29, 1.82) is 0 Å². The van der Waals surface area contributed by atoms with E-state index in [0.29, 0.717) is 24.9 Å². The minimum absolute atomic E-state index is 0.109. The number of aromatic amines is 1. The summed E-state index contributed by atoms with van der Waals surface area (Å²) < 4.78 is 4.93. The smallest absolute Gasteiger partial charge is 0.414 e. The topological polar surface area (TPSA) is 87.3 Å². The number of nitrogens with one attached hydrogen (secondary N) is 2. The van der Waals surface area contributed by atoms with Gasteiger partial charge in [-0.2, -0.15) is 5.10 Å². The number of carbonyl (C=O) groups excluding carboxylic acids is 2. The normalized spacial score (nSPS) is 17.5. The first-order chi connectivity index (χ1) is 12.7. The van der Waals surface area contributed by atoms with Gasteiger partial charge in [0.2, 0.25) is 5.91 Å². The van der Waals surface area contributed by atoms with Crippen molar-refractivity contribution >= 4 is 23.5 Å². The number of amides is 2. The second kappa shape index (κ2) is 7.19. The standard InChI is InChI=1S/C19H22N4O3/c24-18(20-17-12-16(21-22-17)14-3-1-2-4-14)11-13-5-7-15(8-6-13)23-9-10-26-19(23)25/h5-8,12,14H,1-4,9-11H2,(H2,20,21,22,24). The van der Waals surface area contributed by atoms with Gasteiger partial charge in [0.15, 0.2) is 5.82 Å². The Morgan fingerprint density at radius 2 is 2.04 bits per heavy atom. The molecule has 1 aromatic carbocycles. The van der Waals surface area contributed by atoms with Crippen molar-refractivity contribution in [3.63, 3.8) is 0 Å². The predicted octanol–water partition coefficient (Wildman–Crippen LogP) is 3.21. The van der Waals surface area contributed by atoms with Crippen LogP contribution in [0.2, 0.25) is 0 Å². The highest BCUT2D eigenvalue weighted by Crippen LogP contribution is 2.33. The molecule has 26 heavy (non-hydrogen) atoms. The van der Waals surface area contributed by atoms with Gasteiger partial charge >= 0.3 is 6.09 Å². The number of anilines is 2. The fourth-order valence-electron chi connectivity index (χ4n) is 3.64. The lowest BCUT2D eigenvalue weighted by molar-refractivity contribution is -0.115. The lowest BCUT2D eigenvalue weighted by Gasteiger charge is -2.12. The van der Waals surface area contributed by atoms with E-state index in [-0.39, 0.29) is 18.4 Å². The fraction of sp³-hybridized carbons (Fsp3) is 0.421. The Labute approximate surface area is 151 Å². The van der Waals surface area contributed by atoms with E-state index in [0.717, 1.165) is 16.9 Å². The van der Waals surface area contributed by atoms with E-state index < -0.39 is 0 Å². The van der Waals surface area contributed by atoms with E-state index >= 15 is 0 Å². The molecule has 0 bridgehead atoms. The first kappa shape index (κ1) is 16.6. The number of nitrogens with zero attached hydrogens (tertiary/aromatic N) is 2. The van der Waals surface area contributed by atoms with E-state index in [1.54, 1.807) is 4.90 Å². The summed E-state index contributed by atoms with van der Waals surface area (Å²) in [4.78, 5) is 25.4. The van der Waals surface area contributed by atoms with E-state index in [1.807, 2.05) is 30.3 Å². The number of ether oxygens (including phenoxy) is 1. The molecule has 2 aliphatic rings. The van der Waals surface area contributed by atoms with Gasteiger partial charge in [-0.1, -0.05) is 25.0 Å². The summed E-state index contributed by atoms with van der Waals surface area (Å²) in [6.07, 6.45) is 4.83. The van der Waals surface area contributed by atoms with E-state index in [9.17, 15) is 9.59 Å². The van der Waals surface area contributed by atoms with Crippen LogP contribution in [0.15, 0.2) is 30.3 Å². The third kappa shape index (κ3) is 3.56. The van der Waals surface area contributed by atoms with Gasteiger partial charge in [0.25, 0.3) is 0 Å². The van der Waals surface area contributed by atoms with Gasteiger partial charge in [-0.05, 0) is 30.5 Å². The monoisotopic (exact) mass is 354 g/mol. The number of hydrogen-bond acceptors (Lipinski definition) is 4. The maximum atomic E-state index is 12.3. The number of benzene rings is 1. The van der Waals surface area contributed by atoms with Gasteiger partial charge in [0.1, 0.15) is 6.61 Å². The van der Waals surface area contributed by atoms with E-state index in [4.69, 9.17) is 4.74 Å². The summed E-state index contributed by atoms with van der Waals surface area (Å²) in [6, 6.07) is 9.32. The molecule has 0 spiro atoms. The molecule has 2 N–H and O–H groups in total. The lowest BCUT2D eigenvalue weighted by Crippen LogP contribution is -2.23. The van der Waals surface area contributed by atoms with Crippen LogP contribution < -0.4 is 10.2 Å². The predicted molar refractivity (Wildman–Crippen MR) is 97.3 cm³/mol. The Morgan fingerprint density at radius 3 is 2.73 bits per heavy atom. The average molecular weight is 354 g/mol. The summed E-state index contributed by atoms with van der Waals surface area (Å²) in [5, 5.41) is 10.1. The number of rotatable bonds is 5. The molecule has 1 aliphatic carbocycles. The SMILES string of the molecule is O=C(Cc1ccc(N2CCOC2=O)cc1)Nc1cc(C2CCCC2)[nH]n1. The number of cyclic esters (lactones) is 1. The molecule has 2 amide bonds. The third-order valence-electron chi connectivity index (χ3n) is 5.03. The Bertz CT molecular complexity index is 793. The van der Waals surface area contributed by atoms with Crippen LogP contribution in [0, 0.1) is 0 Å². The summed E-state index contributed by atoms with van der Waals surface area (Å²) in [5.41, 5.74) is 2.77. The molecular formula is C19H22N4O3. The second-order valence-corrected chi connectivity index (χ2v) is 6.85. The highest BCUT2D eigenvalue weighted by atomic mass is 16.6. The summed E-state index contributed by atoms with van der Waals surface area (Å²) >= 11 is 0. The Hall–Kier alpha value is -2.83. The third-order valence-corrected chi connectivity index (χ3v) is 5.03. The molecule has 1 saturated heterocycles. The van der Waals surface area contributed by atoms with Crippen molar-refractivity contribution in [1.82, 2.24) is 10.2 Å². The van der Waals surface area contributed by atoms with Gasteiger partial charge in [-0.3, -0.25) is 14.8 Å². The summed E-state index contributed by atoms with van der Waals surface area (Å²) in [5.74, 6) is 1.01. The number of H-pyrrole nitrogens is 1. The molecule has 7 heteroatoms. The van der Waals surface area contributed by atoms with Gasteiger partial charge < -0.3 is 10.1 Å². The maximum Gasteiger partial charge on any atom is 0.414 e. The molecule has 2 fully saturated rings. The Balaban J connectivity index is 1.33. The van der Waals surface area contributed by atoms with Crippen LogP contribution in [0.25, 0.3) is 0 Å².